The van der Waals surface area contributed by atoms with Gasteiger partial charge in [-0.15, -0.1) is 0 Å². The molecular formula is C20H18N6O2. The summed E-state index contributed by atoms with van der Waals surface area (Å²) in [5, 5.41) is 18.3. The van der Waals surface area contributed by atoms with E-state index >= 15 is 0 Å². The Morgan fingerprint density at radius 2 is 1.79 bits per heavy atom. The molecule has 3 aromatic carbocycles. The molecule has 0 aliphatic carbocycles. The van der Waals surface area contributed by atoms with Crippen LogP contribution in [0.5, 0.6) is 11.5 Å². The van der Waals surface area contributed by atoms with E-state index in [0.717, 1.165) is 22.0 Å². The minimum atomic E-state index is 0.410. The molecule has 8 nitrogen and oxygen atoms in total. The third-order valence-electron chi connectivity index (χ3n) is 4.25. The first kappa shape index (κ1) is 17.5. The molecule has 28 heavy (non-hydrogen) atoms. The minimum absolute atomic E-state index is 0.410. The zero-order chi connectivity index (χ0) is 19.3. The number of hydrazone groups is 1. The number of tetrazole rings is 1. The lowest BCUT2D eigenvalue weighted by molar-refractivity contribution is 0.355. The molecule has 0 aliphatic heterocycles. The zero-order valence-electron chi connectivity index (χ0n) is 15.4. The molecule has 1 aromatic heterocycles. The van der Waals surface area contributed by atoms with Crippen molar-refractivity contribution in [2.45, 2.75) is 0 Å². The maximum atomic E-state index is 5.30. The van der Waals surface area contributed by atoms with Gasteiger partial charge in [0, 0.05) is 5.39 Å². The second-order valence-corrected chi connectivity index (χ2v) is 5.90. The molecule has 1 heterocycles. The highest BCUT2D eigenvalue weighted by molar-refractivity contribution is 5.90. The molecule has 0 atom stereocenters. The van der Waals surface area contributed by atoms with Crippen molar-refractivity contribution in [3.63, 3.8) is 0 Å². The summed E-state index contributed by atoms with van der Waals surface area (Å²) < 4.78 is 12.2. The molecule has 0 saturated carbocycles. The van der Waals surface area contributed by atoms with Crippen LogP contribution in [0.15, 0.2) is 65.8 Å². The van der Waals surface area contributed by atoms with Crippen molar-refractivity contribution in [1.82, 2.24) is 20.2 Å². The fourth-order valence-electron chi connectivity index (χ4n) is 2.91. The number of methoxy groups -OCH3 is 2. The Hall–Kier alpha value is -3.94. The van der Waals surface area contributed by atoms with Crippen LogP contribution < -0.4 is 14.9 Å². The Bertz CT molecular complexity index is 1130. The molecule has 0 radical (unpaired) electrons. The first-order chi connectivity index (χ1) is 13.8. The first-order valence-corrected chi connectivity index (χ1v) is 8.58. The monoisotopic (exact) mass is 374 g/mol. The lowest BCUT2D eigenvalue weighted by Gasteiger charge is -2.08. The molecule has 8 heteroatoms. The number of benzene rings is 3. The molecule has 1 N–H and O–H groups in total. The van der Waals surface area contributed by atoms with Gasteiger partial charge in [-0.3, -0.25) is 0 Å². The summed E-state index contributed by atoms with van der Waals surface area (Å²) in [6, 6.07) is 19.6. The van der Waals surface area contributed by atoms with Crippen molar-refractivity contribution in [2.24, 2.45) is 5.10 Å². The normalized spacial score (nSPS) is 11.1. The van der Waals surface area contributed by atoms with Gasteiger partial charge >= 0.3 is 0 Å². The maximum absolute atomic E-state index is 5.30. The molecule has 0 saturated heterocycles. The Morgan fingerprint density at radius 1 is 0.964 bits per heavy atom. The maximum Gasteiger partial charge on any atom is 0.268 e. The number of aromatic nitrogens is 4. The van der Waals surface area contributed by atoms with Crippen molar-refractivity contribution in [3.8, 4) is 17.2 Å². The van der Waals surface area contributed by atoms with Gasteiger partial charge in [0.15, 0.2) is 11.5 Å². The van der Waals surface area contributed by atoms with Crippen molar-refractivity contribution in [3.05, 3.63) is 66.2 Å². The summed E-state index contributed by atoms with van der Waals surface area (Å²) in [6.45, 7) is 0. The van der Waals surface area contributed by atoms with E-state index in [-0.39, 0.29) is 0 Å². The summed E-state index contributed by atoms with van der Waals surface area (Å²) >= 11 is 0. The fraction of sp³-hybridized carbons (Fsp3) is 0.100. The van der Waals surface area contributed by atoms with Gasteiger partial charge in [-0.2, -0.15) is 9.78 Å². The molecule has 0 unspecified atom stereocenters. The van der Waals surface area contributed by atoms with Crippen molar-refractivity contribution >= 4 is 22.9 Å². The predicted molar refractivity (Wildman–Crippen MR) is 107 cm³/mol. The van der Waals surface area contributed by atoms with Crippen molar-refractivity contribution in [2.75, 3.05) is 19.6 Å². The van der Waals surface area contributed by atoms with Gasteiger partial charge < -0.3 is 9.47 Å². The van der Waals surface area contributed by atoms with Gasteiger partial charge in [-0.1, -0.05) is 41.5 Å². The second kappa shape index (κ2) is 7.75. The van der Waals surface area contributed by atoms with Crippen LogP contribution in [0.3, 0.4) is 0 Å². The Morgan fingerprint density at radius 3 is 2.64 bits per heavy atom. The lowest BCUT2D eigenvalue weighted by Crippen LogP contribution is -2.04. The number of nitrogens with zero attached hydrogens (tertiary/aromatic N) is 5. The van der Waals surface area contributed by atoms with Crippen LogP contribution in [0.25, 0.3) is 16.5 Å². The predicted octanol–water partition coefficient (Wildman–Crippen LogP) is 3.28. The average Bonchev–Trinajstić information content (AvgIpc) is 3.21. The van der Waals surface area contributed by atoms with E-state index in [1.54, 1.807) is 25.1 Å². The van der Waals surface area contributed by atoms with Crippen LogP contribution in [0.2, 0.25) is 0 Å². The number of fused-ring (bicyclic) bond motifs is 1. The molecule has 0 bridgehead atoms. The average molecular weight is 374 g/mol. The van der Waals surface area contributed by atoms with E-state index in [0.29, 0.717) is 17.4 Å². The van der Waals surface area contributed by atoms with Gasteiger partial charge in [0.05, 0.1) is 26.1 Å². The summed E-state index contributed by atoms with van der Waals surface area (Å²) in [7, 11) is 3.19. The van der Waals surface area contributed by atoms with E-state index < -0.39 is 0 Å². The summed E-state index contributed by atoms with van der Waals surface area (Å²) in [5.74, 6) is 1.70. The highest BCUT2D eigenvalue weighted by Crippen LogP contribution is 2.27. The molecule has 140 valence electrons. The van der Waals surface area contributed by atoms with Gasteiger partial charge in [0.1, 0.15) is 0 Å². The first-order valence-electron chi connectivity index (χ1n) is 8.58. The second-order valence-electron chi connectivity index (χ2n) is 5.90. The van der Waals surface area contributed by atoms with E-state index in [1.807, 2.05) is 60.7 Å². The summed E-state index contributed by atoms with van der Waals surface area (Å²) in [6.07, 6.45) is 1.66. The van der Waals surface area contributed by atoms with Crippen LogP contribution >= 0.6 is 0 Å². The minimum Gasteiger partial charge on any atom is -0.493 e. The number of rotatable bonds is 6. The van der Waals surface area contributed by atoms with Gasteiger partial charge in [-0.25, -0.2) is 5.43 Å². The summed E-state index contributed by atoms with van der Waals surface area (Å²) in [5.41, 5.74) is 4.60. The van der Waals surface area contributed by atoms with Crippen LogP contribution in [0.1, 0.15) is 5.56 Å². The highest BCUT2D eigenvalue weighted by atomic mass is 16.5. The SMILES string of the molecule is COc1ccc(/C=N/Nc2nnnn2-c2cccc3ccccc23)cc1OC. The molecule has 0 aliphatic rings. The van der Waals surface area contributed by atoms with Crippen LogP contribution in [0, 0.1) is 0 Å². The quantitative estimate of drug-likeness (QED) is 0.412. The fourth-order valence-corrected chi connectivity index (χ4v) is 2.91. The van der Waals surface area contributed by atoms with Crippen LogP contribution in [-0.2, 0) is 0 Å². The Kier molecular flexibility index (Phi) is 4.83. The number of hydrogen-bond acceptors (Lipinski definition) is 7. The van der Waals surface area contributed by atoms with E-state index in [4.69, 9.17) is 9.47 Å². The molecule has 0 spiro atoms. The number of anilines is 1. The van der Waals surface area contributed by atoms with E-state index in [1.165, 1.54) is 0 Å². The highest BCUT2D eigenvalue weighted by Gasteiger charge is 2.10. The van der Waals surface area contributed by atoms with Gasteiger partial charge in [-0.05, 0) is 45.6 Å². The van der Waals surface area contributed by atoms with E-state index in [9.17, 15) is 0 Å². The smallest absolute Gasteiger partial charge is 0.268 e. The van der Waals surface area contributed by atoms with Gasteiger partial charge in [0.25, 0.3) is 5.95 Å². The van der Waals surface area contributed by atoms with Crippen LogP contribution in [-0.4, -0.2) is 40.6 Å². The number of hydrogen-bond donors (Lipinski definition) is 1. The lowest BCUT2D eigenvalue weighted by atomic mass is 10.1. The topological polar surface area (TPSA) is 86.5 Å². The molecule has 4 rings (SSSR count). The summed E-state index contributed by atoms with van der Waals surface area (Å²) in [4.78, 5) is 0. The van der Waals surface area contributed by atoms with Crippen molar-refractivity contribution < 1.29 is 9.47 Å². The molecule has 0 amide bonds. The Labute approximate surface area is 161 Å². The zero-order valence-corrected chi connectivity index (χ0v) is 15.4. The van der Waals surface area contributed by atoms with E-state index in [2.05, 4.69) is 26.1 Å². The largest absolute Gasteiger partial charge is 0.493 e. The molecule has 0 fully saturated rings. The van der Waals surface area contributed by atoms with Gasteiger partial charge in [0.2, 0.25) is 0 Å². The number of ether oxygens (including phenoxy) is 2. The molecule has 4 aromatic rings. The third kappa shape index (κ3) is 3.35. The number of nitrogens with one attached hydrogen (secondary N) is 1. The van der Waals surface area contributed by atoms with Crippen LogP contribution in [0.4, 0.5) is 5.95 Å². The molecular weight excluding hydrogens is 356 g/mol. The Balaban J connectivity index is 1.59. The third-order valence-corrected chi connectivity index (χ3v) is 4.25. The standard InChI is InChI=1S/C20H18N6O2/c1-27-18-11-10-14(12-19(18)28-2)13-21-22-20-23-24-25-26(20)17-9-5-7-15-6-3-4-8-16(15)17/h3-13H,1-2H3,(H,22,23,25)/b21-13+. The van der Waals surface area contributed by atoms with Crippen molar-refractivity contribution in [1.29, 1.82) is 0 Å².